The Labute approximate surface area is 57.5 Å². The van der Waals surface area contributed by atoms with Crippen LogP contribution in [0.4, 0.5) is 4.39 Å². The number of pyridine rings is 1. The van der Waals surface area contributed by atoms with E-state index in [2.05, 4.69) is 4.98 Å². The molecule has 0 saturated carbocycles. The molecule has 0 aliphatic rings. The molecule has 0 aromatic carbocycles. The fourth-order valence-corrected chi connectivity index (χ4v) is 0.623. The Kier molecular flexibility index (Phi) is 1.67. The highest BCUT2D eigenvalue weighted by atomic mass is 35.5. The minimum absolute atomic E-state index is 0.402. The third kappa shape index (κ3) is 1.19. The lowest BCUT2D eigenvalue weighted by Gasteiger charge is -1.94. The molecular weight excluding hydrogens is 141 g/mol. The molecule has 0 radical (unpaired) electrons. The van der Waals surface area contributed by atoms with Crippen LogP contribution in [0.3, 0.4) is 0 Å². The fourth-order valence-electron chi connectivity index (χ4n) is 0.489. The Morgan fingerprint density at radius 1 is 1.67 bits per heavy atom. The van der Waals surface area contributed by atoms with Gasteiger partial charge in [-0.05, 0) is 13.0 Å². The average Bonchev–Trinajstić information content (AvgIpc) is 1.83. The zero-order valence-corrected chi connectivity index (χ0v) is 5.61. The normalized spacial score (nSPS) is 9.67. The zero-order valence-electron chi connectivity index (χ0n) is 4.86. The van der Waals surface area contributed by atoms with E-state index < -0.39 is 5.95 Å². The SMILES string of the molecule is Cc1c(Cl)ccnc1F. The van der Waals surface area contributed by atoms with Crippen molar-refractivity contribution in [1.29, 1.82) is 0 Å². The van der Waals surface area contributed by atoms with Crippen LogP contribution in [0.25, 0.3) is 0 Å². The molecule has 0 unspecified atom stereocenters. The Morgan fingerprint density at radius 2 is 2.33 bits per heavy atom. The second-order valence-electron chi connectivity index (χ2n) is 1.71. The number of hydrogen-bond donors (Lipinski definition) is 0. The third-order valence-corrected chi connectivity index (χ3v) is 1.49. The third-order valence-electron chi connectivity index (χ3n) is 1.08. The molecule has 0 N–H and O–H groups in total. The van der Waals surface area contributed by atoms with E-state index in [-0.39, 0.29) is 0 Å². The largest absolute Gasteiger partial charge is 0.228 e. The van der Waals surface area contributed by atoms with E-state index in [1.165, 1.54) is 6.20 Å². The molecule has 0 spiro atoms. The number of hydrogen-bond acceptors (Lipinski definition) is 1. The highest BCUT2D eigenvalue weighted by molar-refractivity contribution is 6.31. The second-order valence-corrected chi connectivity index (χ2v) is 2.12. The summed E-state index contributed by atoms with van der Waals surface area (Å²) in [7, 11) is 0. The van der Waals surface area contributed by atoms with Gasteiger partial charge in [0.2, 0.25) is 5.95 Å². The van der Waals surface area contributed by atoms with Crippen molar-refractivity contribution >= 4 is 11.6 Å². The molecule has 0 saturated heterocycles. The maximum Gasteiger partial charge on any atom is 0.217 e. The van der Waals surface area contributed by atoms with Crippen LogP contribution in [0.2, 0.25) is 5.02 Å². The highest BCUT2D eigenvalue weighted by Gasteiger charge is 1.99. The number of halogens is 2. The first-order chi connectivity index (χ1) is 4.22. The molecule has 0 bridgehead atoms. The minimum Gasteiger partial charge on any atom is -0.228 e. The van der Waals surface area contributed by atoms with Gasteiger partial charge in [-0.3, -0.25) is 0 Å². The Balaban J connectivity index is 3.25. The molecule has 9 heavy (non-hydrogen) atoms. The van der Waals surface area contributed by atoms with Crippen LogP contribution in [0.1, 0.15) is 5.56 Å². The maximum atomic E-state index is 12.4. The summed E-state index contributed by atoms with van der Waals surface area (Å²) in [5.41, 5.74) is 0.402. The summed E-state index contributed by atoms with van der Waals surface area (Å²) in [6.07, 6.45) is 1.34. The molecule has 1 rings (SSSR count). The molecule has 0 atom stereocenters. The van der Waals surface area contributed by atoms with Crippen molar-refractivity contribution in [2.75, 3.05) is 0 Å². The van der Waals surface area contributed by atoms with Crippen molar-refractivity contribution in [1.82, 2.24) is 4.98 Å². The summed E-state index contributed by atoms with van der Waals surface area (Å²) in [6, 6.07) is 1.56. The standard InChI is InChI=1S/C6H5ClFN/c1-4-5(7)2-3-9-6(4)8/h2-3H,1H3. The Morgan fingerprint density at radius 3 is 2.78 bits per heavy atom. The number of aromatic nitrogens is 1. The van der Waals surface area contributed by atoms with Crippen LogP contribution in [-0.4, -0.2) is 4.98 Å². The topological polar surface area (TPSA) is 12.9 Å². The van der Waals surface area contributed by atoms with Crippen LogP contribution in [0.5, 0.6) is 0 Å². The molecule has 0 fully saturated rings. The molecule has 0 amide bonds. The van der Waals surface area contributed by atoms with Crippen LogP contribution in [-0.2, 0) is 0 Å². The van der Waals surface area contributed by atoms with Gasteiger partial charge in [0, 0.05) is 16.8 Å². The lowest BCUT2D eigenvalue weighted by Crippen LogP contribution is -1.86. The molecule has 1 aromatic rings. The number of rotatable bonds is 0. The summed E-state index contributed by atoms with van der Waals surface area (Å²) in [5.74, 6) is -0.498. The van der Waals surface area contributed by atoms with Gasteiger partial charge in [0.15, 0.2) is 0 Å². The van der Waals surface area contributed by atoms with E-state index in [1.54, 1.807) is 13.0 Å². The second kappa shape index (κ2) is 2.31. The van der Waals surface area contributed by atoms with E-state index in [0.717, 1.165) is 0 Å². The van der Waals surface area contributed by atoms with E-state index in [0.29, 0.717) is 10.6 Å². The molecule has 1 heterocycles. The summed E-state index contributed by atoms with van der Waals surface area (Å²) in [4.78, 5) is 3.39. The van der Waals surface area contributed by atoms with Gasteiger partial charge in [-0.15, -0.1) is 0 Å². The van der Waals surface area contributed by atoms with Gasteiger partial charge < -0.3 is 0 Å². The molecule has 1 nitrogen and oxygen atoms in total. The fraction of sp³-hybridized carbons (Fsp3) is 0.167. The van der Waals surface area contributed by atoms with Crippen molar-refractivity contribution in [3.8, 4) is 0 Å². The molecule has 1 aromatic heterocycles. The van der Waals surface area contributed by atoms with Crippen LogP contribution < -0.4 is 0 Å². The van der Waals surface area contributed by atoms with Crippen molar-refractivity contribution in [3.63, 3.8) is 0 Å². The summed E-state index contributed by atoms with van der Waals surface area (Å²) < 4.78 is 12.4. The van der Waals surface area contributed by atoms with E-state index in [9.17, 15) is 4.39 Å². The summed E-state index contributed by atoms with van der Waals surface area (Å²) >= 11 is 5.53. The van der Waals surface area contributed by atoms with E-state index >= 15 is 0 Å². The van der Waals surface area contributed by atoms with Crippen LogP contribution in [0.15, 0.2) is 12.3 Å². The molecular formula is C6H5ClFN. The lowest BCUT2D eigenvalue weighted by molar-refractivity contribution is 0.574. The molecule has 0 aliphatic carbocycles. The van der Waals surface area contributed by atoms with Gasteiger partial charge in [-0.25, -0.2) is 4.98 Å². The van der Waals surface area contributed by atoms with Crippen molar-refractivity contribution in [2.45, 2.75) is 6.92 Å². The van der Waals surface area contributed by atoms with Gasteiger partial charge in [0.05, 0.1) is 0 Å². The average molecular weight is 146 g/mol. The van der Waals surface area contributed by atoms with Crippen LogP contribution in [0, 0.1) is 12.9 Å². The monoisotopic (exact) mass is 145 g/mol. The first kappa shape index (κ1) is 6.49. The number of nitrogens with zero attached hydrogens (tertiary/aromatic N) is 1. The summed E-state index contributed by atoms with van der Waals surface area (Å²) in [5, 5.41) is 0.419. The molecule has 0 aliphatic heterocycles. The minimum atomic E-state index is -0.498. The van der Waals surface area contributed by atoms with Crippen molar-refractivity contribution in [2.24, 2.45) is 0 Å². The van der Waals surface area contributed by atoms with Gasteiger partial charge in [0.25, 0.3) is 0 Å². The van der Waals surface area contributed by atoms with Gasteiger partial charge in [0.1, 0.15) is 0 Å². The van der Waals surface area contributed by atoms with Crippen molar-refractivity contribution in [3.05, 3.63) is 28.8 Å². The predicted molar refractivity (Wildman–Crippen MR) is 33.9 cm³/mol. The first-order valence-corrected chi connectivity index (χ1v) is 2.86. The Bertz CT molecular complexity index is 204. The highest BCUT2D eigenvalue weighted by Crippen LogP contribution is 2.14. The zero-order chi connectivity index (χ0) is 6.85. The van der Waals surface area contributed by atoms with Crippen LogP contribution >= 0.6 is 11.6 Å². The Hall–Kier alpha value is -0.630. The quantitative estimate of drug-likeness (QED) is 0.510. The summed E-state index contributed by atoms with van der Waals surface area (Å²) in [6.45, 7) is 1.59. The van der Waals surface area contributed by atoms with Gasteiger partial charge in [-0.2, -0.15) is 4.39 Å². The molecule has 48 valence electrons. The van der Waals surface area contributed by atoms with E-state index in [4.69, 9.17) is 11.6 Å². The first-order valence-electron chi connectivity index (χ1n) is 2.48. The van der Waals surface area contributed by atoms with Gasteiger partial charge >= 0.3 is 0 Å². The van der Waals surface area contributed by atoms with E-state index in [1.807, 2.05) is 0 Å². The lowest BCUT2D eigenvalue weighted by atomic mass is 10.3. The van der Waals surface area contributed by atoms with Crippen molar-refractivity contribution < 1.29 is 4.39 Å². The predicted octanol–water partition coefficient (Wildman–Crippen LogP) is 2.18. The molecule has 3 heteroatoms. The van der Waals surface area contributed by atoms with Gasteiger partial charge in [-0.1, -0.05) is 11.6 Å². The smallest absolute Gasteiger partial charge is 0.217 e. The maximum absolute atomic E-state index is 12.4.